The van der Waals surface area contributed by atoms with Gasteiger partial charge in [-0.05, 0) is 49.8 Å². The molecule has 0 amide bonds. The number of benzene rings is 1. The predicted molar refractivity (Wildman–Crippen MR) is 80.7 cm³/mol. The highest BCUT2D eigenvalue weighted by atomic mass is 35.5. The molecule has 1 aliphatic carbocycles. The summed E-state index contributed by atoms with van der Waals surface area (Å²) in [5.74, 6) is 0.950. The average molecular weight is 279 g/mol. The summed E-state index contributed by atoms with van der Waals surface area (Å²) in [7, 11) is 0. The molecule has 0 bridgehead atoms. The number of piperazine rings is 1. The minimum absolute atomic E-state index is 0.655. The van der Waals surface area contributed by atoms with Crippen molar-refractivity contribution in [2.24, 2.45) is 5.92 Å². The molecule has 1 aliphatic heterocycles. The van der Waals surface area contributed by atoms with Gasteiger partial charge in [0.25, 0.3) is 0 Å². The van der Waals surface area contributed by atoms with Crippen molar-refractivity contribution in [2.45, 2.75) is 38.3 Å². The van der Waals surface area contributed by atoms with E-state index < -0.39 is 0 Å². The summed E-state index contributed by atoms with van der Waals surface area (Å²) in [4.78, 5) is 2.65. The Bertz CT molecular complexity index is 413. The van der Waals surface area contributed by atoms with Crippen LogP contribution in [0.1, 0.15) is 25.3 Å². The summed E-state index contributed by atoms with van der Waals surface area (Å²) in [5.41, 5.74) is 1.39. The van der Waals surface area contributed by atoms with Crippen LogP contribution in [0.25, 0.3) is 0 Å². The van der Waals surface area contributed by atoms with Crippen LogP contribution in [0.3, 0.4) is 0 Å². The fourth-order valence-corrected chi connectivity index (χ4v) is 3.12. The Morgan fingerprint density at radius 2 is 2.00 bits per heavy atom. The molecular formula is C16H23ClN2. The highest BCUT2D eigenvalue weighted by Crippen LogP contribution is 2.34. The molecule has 1 saturated heterocycles. The van der Waals surface area contributed by atoms with Crippen molar-refractivity contribution in [3.63, 3.8) is 0 Å². The maximum atomic E-state index is 5.93. The van der Waals surface area contributed by atoms with E-state index in [0.29, 0.717) is 6.04 Å². The van der Waals surface area contributed by atoms with Crippen LogP contribution in [0, 0.1) is 5.92 Å². The fraction of sp³-hybridized carbons (Fsp3) is 0.625. The van der Waals surface area contributed by atoms with Gasteiger partial charge < -0.3 is 5.32 Å². The summed E-state index contributed by atoms with van der Waals surface area (Å²) in [6, 6.07) is 9.67. The molecule has 2 unspecified atom stereocenters. The molecule has 104 valence electrons. The van der Waals surface area contributed by atoms with Crippen LogP contribution >= 0.6 is 11.6 Å². The molecular weight excluding hydrogens is 256 g/mol. The van der Waals surface area contributed by atoms with Crippen molar-refractivity contribution in [3.05, 3.63) is 34.9 Å². The highest BCUT2D eigenvalue weighted by Gasteiger charge is 2.35. The molecule has 3 rings (SSSR count). The van der Waals surface area contributed by atoms with Crippen molar-refractivity contribution in [3.8, 4) is 0 Å². The van der Waals surface area contributed by atoms with Gasteiger partial charge >= 0.3 is 0 Å². The third-order valence-corrected chi connectivity index (χ3v) is 4.77. The fourth-order valence-electron chi connectivity index (χ4n) is 3.00. The average Bonchev–Trinajstić information content (AvgIpc) is 3.24. The number of rotatable bonds is 4. The monoisotopic (exact) mass is 278 g/mol. The van der Waals surface area contributed by atoms with Gasteiger partial charge in [0.2, 0.25) is 0 Å². The molecule has 3 heteroatoms. The Balaban J connectivity index is 1.53. The van der Waals surface area contributed by atoms with Crippen LogP contribution in [0.2, 0.25) is 5.02 Å². The topological polar surface area (TPSA) is 15.3 Å². The molecule has 0 radical (unpaired) electrons. The molecule has 1 aromatic rings. The van der Waals surface area contributed by atoms with Gasteiger partial charge in [0, 0.05) is 36.7 Å². The normalized spacial score (nSPS) is 28.5. The zero-order chi connectivity index (χ0) is 13.2. The molecule has 2 nitrogen and oxygen atoms in total. The van der Waals surface area contributed by atoms with Gasteiger partial charge in [-0.15, -0.1) is 0 Å². The Morgan fingerprint density at radius 1 is 1.26 bits per heavy atom. The standard InChI is InChI=1S/C16H23ClN2/c1-12-10-18-16(14-4-5-14)11-19(12)9-8-13-2-6-15(17)7-3-13/h2-3,6-7,12,14,16,18H,4-5,8-11H2,1H3. The largest absolute Gasteiger partial charge is 0.311 e. The smallest absolute Gasteiger partial charge is 0.0406 e. The first kappa shape index (κ1) is 13.4. The molecule has 1 heterocycles. The lowest BCUT2D eigenvalue weighted by atomic mass is 10.0. The van der Waals surface area contributed by atoms with Gasteiger partial charge in [0.15, 0.2) is 0 Å². The van der Waals surface area contributed by atoms with E-state index in [1.54, 1.807) is 0 Å². The van der Waals surface area contributed by atoms with Gasteiger partial charge in [-0.3, -0.25) is 4.90 Å². The van der Waals surface area contributed by atoms with Crippen molar-refractivity contribution in [1.82, 2.24) is 10.2 Å². The summed E-state index contributed by atoms with van der Waals surface area (Å²) >= 11 is 5.93. The summed E-state index contributed by atoms with van der Waals surface area (Å²) in [6.45, 7) is 5.85. The Labute approximate surface area is 121 Å². The molecule has 1 aromatic carbocycles. The van der Waals surface area contributed by atoms with E-state index in [2.05, 4.69) is 29.3 Å². The van der Waals surface area contributed by atoms with Crippen LogP contribution in [-0.2, 0) is 6.42 Å². The molecule has 2 atom stereocenters. The van der Waals surface area contributed by atoms with E-state index in [1.165, 1.54) is 24.9 Å². The third-order valence-electron chi connectivity index (χ3n) is 4.52. The van der Waals surface area contributed by atoms with E-state index in [9.17, 15) is 0 Å². The highest BCUT2D eigenvalue weighted by molar-refractivity contribution is 6.30. The maximum Gasteiger partial charge on any atom is 0.0406 e. The van der Waals surface area contributed by atoms with Crippen molar-refractivity contribution < 1.29 is 0 Å². The molecule has 1 saturated carbocycles. The molecule has 2 fully saturated rings. The first-order valence-corrected chi connectivity index (χ1v) is 7.82. The summed E-state index contributed by atoms with van der Waals surface area (Å²) in [6.07, 6.45) is 3.98. The molecule has 19 heavy (non-hydrogen) atoms. The minimum Gasteiger partial charge on any atom is -0.311 e. The van der Waals surface area contributed by atoms with E-state index in [-0.39, 0.29) is 0 Å². The van der Waals surface area contributed by atoms with Gasteiger partial charge in [-0.1, -0.05) is 23.7 Å². The van der Waals surface area contributed by atoms with Crippen LogP contribution in [0.5, 0.6) is 0 Å². The number of nitrogens with zero attached hydrogens (tertiary/aromatic N) is 1. The second kappa shape index (κ2) is 5.82. The van der Waals surface area contributed by atoms with Gasteiger partial charge in [0.1, 0.15) is 0 Å². The first-order valence-electron chi connectivity index (χ1n) is 7.44. The van der Waals surface area contributed by atoms with E-state index >= 15 is 0 Å². The SMILES string of the molecule is CC1CNC(C2CC2)CN1CCc1ccc(Cl)cc1. The Kier molecular flexibility index (Phi) is 4.11. The van der Waals surface area contributed by atoms with Crippen molar-refractivity contribution in [2.75, 3.05) is 19.6 Å². The molecule has 0 spiro atoms. The lowest BCUT2D eigenvalue weighted by molar-refractivity contribution is 0.134. The summed E-state index contributed by atoms with van der Waals surface area (Å²) in [5, 5.41) is 4.53. The second-order valence-corrected chi connectivity index (χ2v) is 6.51. The molecule has 1 N–H and O–H groups in total. The molecule has 0 aromatic heterocycles. The molecule has 2 aliphatic rings. The van der Waals surface area contributed by atoms with Gasteiger partial charge in [0.05, 0.1) is 0 Å². The lowest BCUT2D eigenvalue weighted by Crippen LogP contribution is -2.56. The zero-order valence-electron chi connectivity index (χ0n) is 11.6. The first-order chi connectivity index (χ1) is 9.22. The Hall–Kier alpha value is -0.570. The van der Waals surface area contributed by atoms with E-state index in [0.717, 1.165) is 36.5 Å². The third kappa shape index (κ3) is 3.50. The van der Waals surface area contributed by atoms with Crippen LogP contribution < -0.4 is 5.32 Å². The lowest BCUT2D eigenvalue weighted by Gasteiger charge is -2.39. The van der Waals surface area contributed by atoms with Gasteiger partial charge in [-0.25, -0.2) is 0 Å². The van der Waals surface area contributed by atoms with E-state index in [1.807, 2.05) is 12.1 Å². The Morgan fingerprint density at radius 3 is 2.68 bits per heavy atom. The number of halogens is 1. The van der Waals surface area contributed by atoms with Crippen LogP contribution in [-0.4, -0.2) is 36.6 Å². The maximum absolute atomic E-state index is 5.93. The number of nitrogens with one attached hydrogen (secondary N) is 1. The van der Waals surface area contributed by atoms with E-state index in [4.69, 9.17) is 11.6 Å². The minimum atomic E-state index is 0.655. The second-order valence-electron chi connectivity index (χ2n) is 6.07. The van der Waals surface area contributed by atoms with Crippen LogP contribution in [0.4, 0.5) is 0 Å². The zero-order valence-corrected chi connectivity index (χ0v) is 12.4. The number of hydrogen-bond acceptors (Lipinski definition) is 2. The van der Waals surface area contributed by atoms with Crippen LogP contribution in [0.15, 0.2) is 24.3 Å². The number of hydrogen-bond donors (Lipinski definition) is 1. The van der Waals surface area contributed by atoms with Gasteiger partial charge in [-0.2, -0.15) is 0 Å². The van der Waals surface area contributed by atoms with Crippen molar-refractivity contribution in [1.29, 1.82) is 0 Å². The quantitative estimate of drug-likeness (QED) is 0.911. The summed E-state index contributed by atoms with van der Waals surface area (Å²) < 4.78 is 0. The predicted octanol–water partition coefficient (Wildman–Crippen LogP) is 2.95. The van der Waals surface area contributed by atoms with Crippen molar-refractivity contribution >= 4 is 11.6 Å².